The van der Waals surface area contributed by atoms with E-state index < -0.39 is 0 Å². The maximum Gasteiger partial charge on any atom is 0.289 e. The number of fused-ring (bicyclic) bond motifs is 1. The Morgan fingerprint density at radius 2 is 1.91 bits per heavy atom. The Hall–Kier alpha value is -2.78. The van der Waals surface area contributed by atoms with Crippen molar-refractivity contribution in [1.82, 2.24) is 19.4 Å². The van der Waals surface area contributed by atoms with Gasteiger partial charge in [0.25, 0.3) is 11.5 Å². The molecule has 3 aromatic rings. The minimum Gasteiger partial charge on any atom is -0.459 e. The van der Waals surface area contributed by atoms with Crippen LogP contribution in [0.2, 0.25) is 5.02 Å². The second-order valence-electron chi connectivity index (χ2n) is 7.45. The molecule has 0 radical (unpaired) electrons. The van der Waals surface area contributed by atoms with Crippen LogP contribution in [-0.2, 0) is 11.3 Å². The van der Waals surface area contributed by atoms with E-state index in [9.17, 15) is 14.4 Å². The third kappa shape index (κ3) is 4.68. The summed E-state index contributed by atoms with van der Waals surface area (Å²) >= 11 is 7.32. The summed E-state index contributed by atoms with van der Waals surface area (Å²) in [6.45, 7) is 4.31. The fourth-order valence-electron chi connectivity index (χ4n) is 3.64. The van der Waals surface area contributed by atoms with Gasteiger partial charge in [-0.05, 0) is 36.8 Å². The first-order valence-corrected chi connectivity index (χ1v) is 11.8. The van der Waals surface area contributed by atoms with E-state index in [-0.39, 0.29) is 23.1 Å². The molecule has 3 heterocycles. The number of aromatic nitrogens is 2. The highest BCUT2D eigenvalue weighted by atomic mass is 35.5. The number of benzene rings is 1. The topological polar surface area (TPSA) is 88.7 Å². The lowest BCUT2D eigenvalue weighted by Crippen LogP contribution is -2.51. The first-order valence-electron chi connectivity index (χ1n) is 10.4. The molecule has 10 heteroatoms. The van der Waals surface area contributed by atoms with Gasteiger partial charge < -0.3 is 14.2 Å². The van der Waals surface area contributed by atoms with Crippen molar-refractivity contribution in [3.8, 4) is 0 Å². The number of amides is 2. The summed E-state index contributed by atoms with van der Waals surface area (Å²) in [4.78, 5) is 46.1. The van der Waals surface area contributed by atoms with E-state index in [1.54, 1.807) is 44.7 Å². The van der Waals surface area contributed by atoms with Crippen LogP contribution < -0.4 is 5.56 Å². The van der Waals surface area contributed by atoms with Crippen molar-refractivity contribution in [2.24, 2.45) is 0 Å². The average molecular weight is 475 g/mol. The summed E-state index contributed by atoms with van der Waals surface area (Å²) in [5.74, 6) is 0.244. The predicted molar refractivity (Wildman–Crippen MR) is 123 cm³/mol. The molecule has 0 bridgehead atoms. The largest absolute Gasteiger partial charge is 0.459 e. The highest BCUT2D eigenvalue weighted by molar-refractivity contribution is 7.99. The zero-order valence-electron chi connectivity index (χ0n) is 17.6. The van der Waals surface area contributed by atoms with Crippen LogP contribution >= 0.6 is 23.4 Å². The number of furan rings is 1. The summed E-state index contributed by atoms with van der Waals surface area (Å²) in [6.07, 6.45) is 2.24. The molecule has 0 aliphatic carbocycles. The van der Waals surface area contributed by atoms with E-state index in [4.69, 9.17) is 16.0 Å². The zero-order chi connectivity index (χ0) is 22.7. The number of carbonyl (C=O) groups is 2. The van der Waals surface area contributed by atoms with Gasteiger partial charge in [0.15, 0.2) is 10.9 Å². The maximum atomic E-state index is 12.9. The Morgan fingerprint density at radius 1 is 1.16 bits per heavy atom. The molecule has 0 saturated carbocycles. The smallest absolute Gasteiger partial charge is 0.289 e. The molecule has 0 unspecified atom stereocenters. The SMILES string of the molecule is CCCn1c(SCC(=O)N2CCN(C(=O)c3ccco3)CC2)nc2cc(Cl)ccc2c1=O. The summed E-state index contributed by atoms with van der Waals surface area (Å²) < 4.78 is 6.79. The monoisotopic (exact) mass is 474 g/mol. The van der Waals surface area contributed by atoms with Crippen molar-refractivity contribution in [3.05, 3.63) is 57.7 Å². The first kappa shape index (κ1) is 22.4. The van der Waals surface area contributed by atoms with Crippen molar-refractivity contribution in [2.45, 2.75) is 25.0 Å². The Balaban J connectivity index is 1.42. The van der Waals surface area contributed by atoms with Gasteiger partial charge in [0.05, 0.1) is 22.9 Å². The lowest BCUT2D eigenvalue weighted by Gasteiger charge is -2.34. The number of piperazine rings is 1. The van der Waals surface area contributed by atoms with Crippen molar-refractivity contribution >= 4 is 46.1 Å². The van der Waals surface area contributed by atoms with E-state index >= 15 is 0 Å². The molecule has 1 aromatic carbocycles. The van der Waals surface area contributed by atoms with Gasteiger partial charge in [-0.3, -0.25) is 19.0 Å². The van der Waals surface area contributed by atoms with Crippen LogP contribution in [0.15, 0.2) is 51.0 Å². The van der Waals surface area contributed by atoms with Gasteiger partial charge in [-0.25, -0.2) is 4.98 Å². The van der Waals surface area contributed by atoms with Gasteiger partial charge in [-0.1, -0.05) is 30.3 Å². The molecule has 8 nitrogen and oxygen atoms in total. The van der Waals surface area contributed by atoms with Crippen LogP contribution in [0.25, 0.3) is 10.9 Å². The van der Waals surface area contributed by atoms with Crippen LogP contribution in [0.1, 0.15) is 23.9 Å². The number of hydrogen-bond acceptors (Lipinski definition) is 6. The van der Waals surface area contributed by atoms with Gasteiger partial charge in [0, 0.05) is 37.7 Å². The van der Waals surface area contributed by atoms with Crippen LogP contribution in [-0.4, -0.2) is 63.1 Å². The molecule has 2 aromatic heterocycles. The van der Waals surface area contributed by atoms with Crippen molar-refractivity contribution in [1.29, 1.82) is 0 Å². The zero-order valence-corrected chi connectivity index (χ0v) is 19.2. The second-order valence-corrected chi connectivity index (χ2v) is 8.83. The maximum absolute atomic E-state index is 12.9. The molecule has 1 aliphatic heterocycles. The van der Waals surface area contributed by atoms with E-state index in [0.29, 0.717) is 59.6 Å². The van der Waals surface area contributed by atoms with E-state index in [1.807, 2.05) is 6.92 Å². The number of rotatable bonds is 6. The van der Waals surface area contributed by atoms with Crippen LogP contribution in [0.3, 0.4) is 0 Å². The number of thioether (sulfide) groups is 1. The van der Waals surface area contributed by atoms with E-state index in [2.05, 4.69) is 4.98 Å². The molecular formula is C22H23ClN4O4S. The molecule has 1 fully saturated rings. The van der Waals surface area contributed by atoms with Gasteiger partial charge in [-0.15, -0.1) is 0 Å². The molecule has 1 aliphatic rings. The highest BCUT2D eigenvalue weighted by Gasteiger charge is 2.26. The van der Waals surface area contributed by atoms with Crippen LogP contribution in [0, 0.1) is 0 Å². The highest BCUT2D eigenvalue weighted by Crippen LogP contribution is 2.21. The molecule has 168 valence electrons. The fraction of sp³-hybridized carbons (Fsp3) is 0.364. The minimum absolute atomic E-state index is 0.0522. The minimum atomic E-state index is -0.168. The van der Waals surface area contributed by atoms with E-state index in [0.717, 1.165) is 6.42 Å². The third-order valence-corrected chi connectivity index (χ3v) is 6.50. The summed E-state index contributed by atoms with van der Waals surface area (Å²) in [5.41, 5.74) is 0.392. The Bertz CT molecular complexity index is 1190. The van der Waals surface area contributed by atoms with Gasteiger partial charge >= 0.3 is 0 Å². The molecule has 0 atom stereocenters. The van der Waals surface area contributed by atoms with Crippen LogP contribution in [0.5, 0.6) is 0 Å². The summed E-state index contributed by atoms with van der Waals surface area (Å²) in [5, 5.41) is 1.52. The van der Waals surface area contributed by atoms with Crippen molar-refractivity contribution in [2.75, 3.05) is 31.9 Å². The van der Waals surface area contributed by atoms with E-state index in [1.165, 1.54) is 18.0 Å². The number of halogens is 1. The average Bonchev–Trinajstić information content (AvgIpc) is 3.34. The first-order chi connectivity index (χ1) is 15.5. The molecule has 0 spiro atoms. The number of nitrogens with zero attached hydrogens (tertiary/aromatic N) is 4. The van der Waals surface area contributed by atoms with Crippen molar-refractivity contribution in [3.63, 3.8) is 0 Å². The lowest BCUT2D eigenvalue weighted by molar-refractivity contribution is -0.129. The van der Waals surface area contributed by atoms with Crippen LogP contribution in [0.4, 0.5) is 0 Å². The third-order valence-electron chi connectivity index (χ3n) is 5.31. The standard InChI is InChI=1S/C22H23ClN4O4S/c1-2-7-27-20(29)16-6-5-15(23)13-17(16)24-22(27)32-14-19(28)25-8-10-26(11-9-25)21(30)18-4-3-12-31-18/h3-6,12-13H,2,7-11,14H2,1H3. The normalized spacial score (nSPS) is 14.2. The lowest BCUT2D eigenvalue weighted by atomic mass is 10.2. The van der Waals surface area contributed by atoms with Gasteiger partial charge in [0.1, 0.15) is 0 Å². The molecule has 0 N–H and O–H groups in total. The van der Waals surface area contributed by atoms with Crippen molar-refractivity contribution < 1.29 is 14.0 Å². The van der Waals surface area contributed by atoms with Gasteiger partial charge in [0.2, 0.25) is 5.91 Å². The Labute approximate surface area is 194 Å². The predicted octanol–water partition coefficient (Wildman–Crippen LogP) is 3.13. The molecule has 1 saturated heterocycles. The Kier molecular flexibility index (Phi) is 6.86. The summed E-state index contributed by atoms with van der Waals surface area (Å²) in [6, 6.07) is 8.33. The molecular weight excluding hydrogens is 452 g/mol. The second kappa shape index (κ2) is 9.79. The fourth-order valence-corrected chi connectivity index (χ4v) is 4.73. The molecule has 4 rings (SSSR count). The summed E-state index contributed by atoms with van der Waals surface area (Å²) in [7, 11) is 0. The number of carbonyl (C=O) groups excluding carboxylic acids is 2. The quantitative estimate of drug-likeness (QED) is 0.403. The Morgan fingerprint density at radius 3 is 2.59 bits per heavy atom. The molecule has 32 heavy (non-hydrogen) atoms. The van der Waals surface area contributed by atoms with Gasteiger partial charge in [-0.2, -0.15) is 0 Å². The molecule has 2 amide bonds. The number of hydrogen-bond donors (Lipinski definition) is 0.